The van der Waals surface area contributed by atoms with Gasteiger partial charge in [0.1, 0.15) is 0 Å². The molecular weight excluding hydrogens is 524 g/mol. The van der Waals surface area contributed by atoms with Gasteiger partial charge in [-0.3, -0.25) is 4.79 Å². The van der Waals surface area contributed by atoms with Crippen LogP contribution < -0.4 is 0 Å². The molecule has 3 aromatic rings. The van der Waals surface area contributed by atoms with Gasteiger partial charge in [-0.25, -0.2) is 8.42 Å². The summed E-state index contributed by atoms with van der Waals surface area (Å²) in [6.07, 6.45) is -0.530. The maximum Gasteiger partial charge on any atom is 0.254 e. The highest BCUT2D eigenvalue weighted by atomic mass is 35.5. The van der Waals surface area contributed by atoms with Crippen LogP contribution >= 0.6 is 11.6 Å². The van der Waals surface area contributed by atoms with E-state index in [0.717, 1.165) is 16.7 Å². The SMILES string of the molecule is C[C@H](CO)N1C[C@H](C)[C@H](CN(C)S(=O)(=O)c2ccc(Cl)cc2)OCc2ccccc2-c2ccccc2C1=O. The van der Waals surface area contributed by atoms with Crippen molar-refractivity contribution in [2.24, 2.45) is 5.92 Å². The molecule has 0 saturated heterocycles. The Hall–Kier alpha value is -2.75. The van der Waals surface area contributed by atoms with E-state index in [4.69, 9.17) is 16.3 Å². The van der Waals surface area contributed by atoms with Gasteiger partial charge < -0.3 is 14.7 Å². The van der Waals surface area contributed by atoms with Gasteiger partial charge in [-0.05, 0) is 53.9 Å². The highest BCUT2D eigenvalue weighted by Crippen LogP contribution is 2.31. The van der Waals surface area contributed by atoms with Gasteiger partial charge >= 0.3 is 0 Å². The smallest absolute Gasteiger partial charge is 0.254 e. The zero-order valence-electron chi connectivity index (χ0n) is 21.7. The van der Waals surface area contributed by atoms with Crippen LogP contribution in [0.1, 0.15) is 29.8 Å². The van der Waals surface area contributed by atoms with Crippen molar-refractivity contribution in [3.63, 3.8) is 0 Å². The quantitative estimate of drug-likeness (QED) is 0.476. The number of sulfonamides is 1. The Morgan fingerprint density at radius 2 is 1.63 bits per heavy atom. The normalized spacial score (nSPS) is 19.4. The summed E-state index contributed by atoms with van der Waals surface area (Å²) in [5.41, 5.74) is 3.12. The van der Waals surface area contributed by atoms with Crippen molar-refractivity contribution in [3.05, 3.63) is 88.9 Å². The molecule has 0 aromatic heterocycles. The van der Waals surface area contributed by atoms with Crippen molar-refractivity contribution in [1.82, 2.24) is 9.21 Å². The summed E-state index contributed by atoms with van der Waals surface area (Å²) in [5, 5.41) is 10.4. The first-order valence-corrected chi connectivity index (χ1v) is 14.4. The van der Waals surface area contributed by atoms with E-state index >= 15 is 0 Å². The van der Waals surface area contributed by atoms with Gasteiger partial charge in [0.05, 0.1) is 30.3 Å². The second-order valence-corrected chi connectivity index (χ2v) is 12.2. The summed E-state index contributed by atoms with van der Waals surface area (Å²) < 4.78 is 34.3. The Morgan fingerprint density at radius 3 is 2.29 bits per heavy atom. The molecule has 9 heteroatoms. The first-order chi connectivity index (χ1) is 18.1. The minimum atomic E-state index is -3.80. The molecule has 202 valence electrons. The summed E-state index contributed by atoms with van der Waals surface area (Å²) in [6, 6.07) is 20.8. The van der Waals surface area contributed by atoms with Gasteiger partial charge in [0.25, 0.3) is 5.91 Å². The zero-order chi connectivity index (χ0) is 27.4. The summed E-state index contributed by atoms with van der Waals surface area (Å²) in [5.74, 6) is -0.431. The van der Waals surface area contributed by atoms with Crippen LogP contribution in [0.15, 0.2) is 77.7 Å². The van der Waals surface area contributed by atoms with E-state index in [9.17, 15) is 18.3 Å². The number of ether oxygens (including phenoxy) is 1. The Labute approximate surface area is 229 Å². The molecule has 0 saturated carbocycles. The molecule has 0 radical (unpaired) electrons. The van der Waals surface area contributed by atoms with E-state index in [0.29, 0.717) is 10.6 Å². The third-order valence-electron chi connectivity index (χ3n) is 7.05. The molecule has 1 heterocycles. The van der Waals surface area contributed by atoms with E-state index < -0.39 is 22.2 Å². The number of likely N-dealkylation sites (N-methyl/N-ethyl adjacent to an activating group) is 1. The molecule has 1 N–H and O–H groups in total. The Bertz CT molecular complexity index is 1380. The summed E-state index contributed by atoms with van der Waals surface area (Å²) >= 11 is 5.95. The van der Waals surface area contributed by atoms with Gasteiger partial charge in [0.15, 0.2) is 0 Å². The van der Waals surface area contributed by atoms with Crippen molar-refractivity contribution in [2.75, 3.05) is 26.7 Å². The maximum absolute atomic E-state index is 13.9. The molecule has 1 aliphatic rings. The van der Waals surface area contributed by atoms with Crippen molar-refractivity contribution in [3.8, 4) is 11.1 Å². The number of carbonyl (C=O) groups is 1. The summed E-state index contributed by atoms with van der Waals surface area (Å²) in [7, 11) is -2.28. The Balaban J connectivity index is 1.73. The van der Waals surface area contributed by atoms with Gasteiger partial charge in [0, 0.05) is 36.6 Å². The standard InChI is InChI=1S/C29H33ClN2O5S/c1-20-16-32(21(2)18-33)29(34)27-11-7-6-10-26(27)25-9-5-4-8-22(25)19-37-28(20)17-31(3)38(35,36)24-14-12-23(30)13-15-24/h4-15,20-21,28,33H,16-19H2,1-3H3/t20-,21+,28-/m0/s1. The molecule has 1 amide bonds. The van der Waals surface area contributed by atoms with Crippen molar-refractivity contribution in [2.45, 2.75) is 37.5 Å². The lowest BCUT2D eigenvalue weighted by Gasteiger charge is -2.35. The monoisotopic (exact) mass is 556 g/mol. The second-order valence-electron chi connectivity index (χ2n) is 9.76. The van der Waals surface area contributed by atoms with E-state index in [1.807, 2.05) is 49.4 Å². The van der Waals surface area contributed by atoms with Gasteiger partial charge in [0.2, 0.25) is 10.0 Å². The third kappa shape index (κ3) is 5.95. The molecule has 38 heavy (non-hydrogen) atoms. The highest BCUT2D eigenvalue weighted by molar-refractivity contribution is 7.89. The molecule has 0 aliphatic carbocycles. The number of halogens is 1. The molecule has 0 bridgehead atoms. The van der Waals surface area contributed by atoms with Crippen molar-refractivity contribution >= 4 is 27.5 Å². The number of benzene rings is 3. The van der Waals surface area contributed by atoms with Crippen LogP contribution in [0.2, 0.25) is 5.02 Å². The average molecular weight is 557 g/mol. The van der Waals surface area contributed by atoms with Crippen molar-refractivity contribution in [1.29, 1.82) is 0 Å². The molecule has 7 nitrogen and oxygen atoms in total. The van der Waals surface area contributed by atoms with Crippen LogP contribution in [0.4, 0.5) is 0 Å². The minimum absolute atomic E-state index is 0.0801. The topological polar surface area (TPSA) is 87.2 Å². The first kappa shape index (κ1) is 28.3. The molecular formula is C29H33ClN2O5S. The van der Waals surface area contributed by atoms with E-state index in [-0.39, 0.29) is 43.0 Å². The number of rotatable bonds is 6. The molecule has 1 aliphatic heterocycles. The third-order valence-corrected chi connectivity index (χ3v) is 9.14. The second kappa shape index (κ2) is 12.0. The average Bonchev–Trinajstić information content (AvgIpc) is 2.94. The van der Waals surface area contributed by atoms with Crippen LogP contribution in [0.25, 0.3) is 11.1 Å². The molecule has 3 aromatic carbocycles. The molecule has 0 fully saturated rings. The Kier molecular flexibility index (Phi) is 8.90. The van der Waals surface area contributed by atoms with E-state index in [1.165, 1.54) is 23.5 Å². The lowest BCUT2D eigenvalue weighted by atomic mass is 9.94. The van der Waals surface area contributed by atoms with Crippen LogP contribution in [-0.2, 0) is 21.4 Å². The molecule has 0 spiro atoms. The number of nitrogens with zero attached hydrogens (tertiary/aromatic N) is 2. The van der Waals surface area contributed by atoms with E-state index in [1.54, 1.807) is 30.0 Å². The summed E-state index contributed by atoms with van der Waals surface area (Å²) in [4.78, 5) is 15.7. The van der Waals surface area contributed by atoms with Crippen LogP contribution in [0.5, 0.6) is 0 Å². The number of fused-ring (bicyclic) bond motifs is 3. The highest BCUT2D eigenvalue weighted by Gasteiger charge is 2.32. The fourth-order valence-electron chi connectivity index (χ4n) is 4.69. The van der Waals surface area contributed by atoms with Gasteiger partial charge in [-0.2, -0.15) is 4.31 Å². The first-order valence-electron chi connectivity index (χ1n) is 12.6. The molecule has 4 rings (SSSR count). The summed E-state index contributed by atoms with van der Waals surface area (Å²) in [6.45, 7) is 4.15. The lowest BCUT2D eigenvalue weighted by Crippen LogP contribution is -2.47. The maximum atomic E-state index is 13.9. The fraction of sp³-hybridized carbons (Fsp3) is 0.345. The largest absolute Gasteiger partial charge is 0.394 e. The van der Waals surface area contributed by atoms with Crippen LogP contribution in [-0.4, -0.2) is 67.5 Å². The van der Waals surface area contributed by atoms with Crippen LogP contribution in [0, 0.1) is 5.92 Å². The number of aliphatic hydroxyl groups is 1. The van der Waals surface area contributed by atoms with Gasteiger partial charge in [-0.15, -0.1) is 0 Å². The Morgan fingerprint density at radius 1 is 1.03 bits per heavy atom. The number of hydrogen-bond acceptors (Lipinski definition) is 5. The zero-order valence-corrected chi connectivity index (χ0v) is 23.3. The fourth-order valence-corrected chi connectivity index (χ4v) is 6.00. The lowest BCUT2D eigenvalue weighted by molar-refractivity contribution is -0.0146. The number of amides is 1. The van der Waals surface area contributed by atoms with E-state index in [2.05, 4.69) is 0 Å². The number of hydrogen-bond donors (Lipinski definition) is 1. The number of carbonyl (C=O) groups excluding carboxylic acids is 1. The molecule has 3 atom stereocenters. The van der Waals surface area contributed by atoms with Crippen LogP contribution in [0.3, 0.4) is 0 Å². The van der Waals surface area contributed by atoms with Gasteiger partial charge in [-0.1, -0.05) is 61.0 Å². The minimum Gasteiger partial charge on any atom is -0.394 e. The number of aliphatic hydroxyl groups excluding tert-OH is 1. The van der Waals surface area contributed by atoms with Crippen molar-refractivity contribution < 1.29 is 23.1 Å². The predicted molar refractivity (Wildman–Crippen MR) is 148 cm³/mol. The predicted octanol–water partition coefficient (Wildman–Crippen LogP) is 4.69. The molecule has 0 unspecified atom stereocenters.